The summed E-state index contributed by atoms with van der Waals surface area (Å²) in [6, 6.07) is 0. The maximum absolute atomic E-state index is 11.9. The molecule has 1 aliphatic heterocycles. The average Bonchev–Trinajstić information content (AvgIpc) is 2.61. The summed E-state index contributed by atoms with van der Waals surface area (Å²) in [5.41, 5.74) is 5.07. The fraction of sp³-hybridized carbons (Fsp3) is 0.636. The highest BCUT2D eigenvalue weighted by atomic mass is 16.4. The number of hydrogen-bond donors (Lipinski definition) is 2. The van der Waals surface area contributed by atoms with Crippen LogP contribution in [0.2, 0.25) is 0 Å². The van der Waals surface area contributed by atoms with E-state index < -0.39 is 11.5 Å². The Bertz CT molecular complexity index is 338. The zero-order chi connectivity index (χ0) is 12.3. The monoisotopic (exact) mass is 226 g/mol. The van der Waals surface area contributed by atoms with E-state index in [0.717, 1.165) is 6.42 Å². The van der Waals surface area contributed by atoms with E-state index in [4.69, 9.17) is 10.8 Å². The molecule has 1 atom stereocenters. The van der Waals surface area contributed by atoms with Crippen LogP contribution in [0.25, 0.3) is 0 Å². The molecule has 0 aromatic rings. The summed E-state index contributed by atoms with van der Waals surface area (Å²) in [6.07, 6.45) is 2.94. The van der Waals surface area contributed by atoms with Crippen molar-refractivity contribution in [2.45, 2.75) is 32.2 Å². The van der Waals surface area contributed by atoms with Gasteiger partial charge in [0, 0.05) is 18.7 Å². The lowest BCUT2D eigenvalue weighted by Gasteiger charge is -2.20. The molecular formula is C11H18N2O3. The number of carbonyl (C=O) groups excluding carboxylic acids is 1. The first kappa shape index (κ1) is 12.7. The van der Waals surface area contributed by atoms with Gasteiger partial charge in [-0.15, -0.1) is 0 Å². The second-order valence-electron chi connectivity index (χ2n) is 4.23. The molecule has 90 valence electrons. The van der Waals surface area contributed by atoms with Crippen molar-refractivity contribution in [3.63, 3.8) is 0 Å². The number of amides is 1. The molecule has 1 unspecified atom stereocenters. The first-order valence-electron chi connectivity index (χ1n) is 5.39. The normalized spacial score (nSPS) is 25.9. The number of nitrogens with two attached hydrogens (primary N) is 1. The minimum absolute atomic E-state index is 0.0933. The SMILES string of the molecule is CC/C=C(/C)C(=O)N1CCC(N)(C(=O)O)C1. The molecule has 0 bridgehead atoms. The Hall–Kier alpha value is -1.36. The van der Waals surface area contributed by atoms with Crippen molar-refractivity contribution in [3.05, 3.63) is 11.6 Å². The van der Waals surface area contributed by atoms with Gasteiger partial charge in [-0.1, -0.05) is 13.0 Å². The van der Waals surface area contributed by atoms with Gasteiger partial charge in [-0.3, -0.25) is 9.59 Å². The van der Waals surface area contributed by atoms with Crippen LogP contribution in [0.4, 0.5) is 0 Å². The van der Waals surface area contributed by atoms with Gasteiger partial charge < -0.3 is 15.7 Å². The van der Waals surface area contributed by atoms with Gasteiger partial charge in [0.05, 0.1) is 0 Å². The van der Waals surface area contributed by atoms with Gasteiger partial charge in [0.25, 0.3) is 0 Å². The fourth-order valence-corrected chi connectivity index (χ4v) is 1.82. The summed E-state index contributed by atoms with van der Waals surface area (Å²) >= 11 is 0. The van der Waals surface area contributed by atoms with Crippen molar-refractivity contribution in [3.8, 4) is 0 Å². The Labute approximate surface area is 94.9 Å². The highest BCUT2D eigenvalue weighted by molar-refractivity contribution is 5.94. The molecule has 1 aliphatic rings. The summed E-state index contributed by atoms with van der Waals surface area (Å²) < 4.78 is 0. The van der Waals surface area contributed by atoms with Crippen LogP contribution in [0.15, 0.2) is 11.6 Å². The van der Waals surface area contributed by atoms with Crippen molar-refractivity contribution in [1.29, 1.82) is 0 Å². The maximum Gasteiger partial charge on any atom is 0.325 e. The standard InChI is InChI=1S/C11H18N2O3/c1-3-4-8(2)9(14)13-6-5-11(12,7-13)10(15)16/h4H,3,5-7,12H2,1-2H3,(H,15,16)/b8-4-. The number of carboxylic acid groups (broad SMARTS) is 1. The molecule has 0 spiro atoms. The van der Waals surface area contributed by atoms with Crippen LogP contribution in [0, 0.1) is 0 Å². The van der Waals surface area contributed by atoms with Gasteiger partial charge in [-0.2, -0.15) is 0 Å². The van der Waals surface area contributed by atoms with E-state index in [1.165, 1.54) is 4.90 Å². The van der Waals surface area contributed by atoms with Crippen LogP contribution in [0.5, 0.6) is 0 Å². The van der Waals surface area contributed by atoms with Crippen LogP contribution < -0.4 is 5.73 Å². The molecule has 1 fully saturated rings. The molecule has 5 nitrogen and oxygen atoms in total. The maximum atomic E-state index is 11.9. The smallest absolute Gasteiger partial charge is 0.325 e. The van der Waals surface area contributed by atoms with Gasteiger partial charge in [0.15, 0.2) is 0 Å². The Kier molecular flexibility index (Phi) is 3.70. The zero-order valence-electron chi connectivity index (χ0n) is 9.69. The minimum Gasteiger partial charge on any atom is -0.480 e. The number of rotatable bonds is 3. The van der Waals surface area contributed by atoms with Gasteiger partial charge in [0.2, 0.25) is 5.91 Å². The van der Waals surface area contributed by atoms with E-state index >= 15 is 0 Å². The van der Waals surface area contributed by atoms with Crippen LogP contribution in [-0.2, 0) is 9.59 Å². The van der Waals surface area contributed by atoms with Crippen molar-refractivity contribution in [2.24, 2.45) is 5.73 Å². The summed E-state index contributed by atoms with van der Waals surface area (Å²) in [5.74, 6) is -1.16. The van der Waals surface area contributed by atoms with Gasteiger partial charge in [-0.25, -0.2) is 0 Å². The molecule has 1 amide bonds. The minimum atomic E-state index is -1.28. The number of aliphatic carboxylic acids is 1. The summed E-state index contributed by atoms with van der Waals surface area (Å²) in [5, 5.41) is 8.94. The number of likely N-dealkylation sites (tertiary alicyclic amines) is 1. The van der Waals surface area contributed by atoms with Crippen molar-refractivity contribution < 1.29 is 14.7 Å². The van der Waals surface area contributed by atoms with Crippen molar-refractivity contribution in [1.82, 2.24) is 4.90 Å². The molecule has 0 aromatic carbocycles. The topological polar surface area (TPSA) is 83.6 Å². The number of allylic oxidation sites excluding steroid dienone is 1. The molecule has 0 radical (unpaired) electrons. The van der Waals surface area contributed by atoms with E-state index in [2.05, 4.69) is 0 Å². The largest absolute Gasteiger partial charge is 0.480 e. The second kappa shape index (κ2) is 4.65. The predicted octanol–water partition coefficient (Wildman–Crippen LogP) is 0.357. The number of carboxylic acids is 1. The lowest BCUT2D eigenvalue weighted by molar-refractivity contribution is -0.143. The van der Waals surface area contributed by atoms with E-state index in [-0.39, 0.29) is 12.5 Å². The molecule has 1 heterocycles. The quantitative estimate of drug-likeness (QED) is 0.680. The summed E-state index contributed by atoms with van der Waals surface area (Å²) in [6.45, 7) is 4.20. The third kappa shape index (κ3) is 2.41. The van der Waals surface area contributed by atoms with E-state index in [1.807, 2.05) is 13.0 Å². The lowest BCUT2D eigenvalue weighted by Crippen LogP contribution is -2.50. The number of carbonyl (C=O) groups is 2. The highest BCUT2D eigenvalue weighted by Crippen LogP contribution is 2.20. The van der Waals surface area contributed by atoms with Crippen LogP contribution >= 0.6 is 0 Å². The number of hydrogen-bond acceptors (Lipinski definition) is 3. The molecular weight excluding hydrogens is 208 g/mol. The van der Waals surface area contributed by atoms with Crippen LogP contribution in [-0.4, -0.2) is 40.5 Å². The lowest BCUT2D eigenvalue weighted by atomic mass is 10.0. The molecule has 16 heavy (non-hydrogen) atoms. The molecule has 1 rings (SSSR count). The van der Waals surface area contributed by atoms with E-state index in [9.17, 15) is 9.59 Å². The first-order valence-corrected chi connectivity index (χ1v) is 5.39. The number of nitrogens with zero attached hydrogens (tertiary/aromatic N) is 1. The molecule has 3 N–H and O–H groups in total. The molecule has 1 saturated heterocycles. The molecule has 5 heteroatoms. The Morgan fingerprint density at radius 2 is 2.19 bits per heavy atom. The van der Waals surface area contributed by atoms with Gasteiger partial charge in [0.1, 0.15) is 5.54 Å². The molecule has 0 aromatic heterocycles. The molecule has 0 saturated carbocycles. The fourth-order valence-electron chi connectivity index (χ4n) is 1.82. The van der Waals surface area contributed by atoms with Gasteiger partial charge >= 0.3 is 5.97 Å². The zero-order valence-corrected chi connectivity index (χ0v) is 9.69. The van der Waals surface area contributed by atoms with Crippen LogP contribution in [0.1, 0.15) is 26.7 Å². The second-order valence-corrected chi connectivity index (χ2v) is 4.23. The Morgan fingerprint density at radius 3 is 2.62 bits per heavy atom. The van der Waals surface area contributed by atoms with Crippen molar-refractivity contribution in [2.75, 3.05) is 13.1 Å². The molecule has 0 aliphatic carbocycles. The van der Waals surface area contributed by atoms with Crippen LogP contribution in [0.3, 0.4) is 0 Å². The van der Waals surface area contributed by atoms with Gasteiger partial charge in [-0.05, 0) is 19.8 Å². The highest BCUT2D eigenvalue weighted by Gasteiger charge is 2.42. The predicted molar refractivity (Wildman–Crippen MR) is 59.8 cm³/mol. The van der Waals surface area contributed by atoms with Crippen molar-refractivity contribution >= 4 is 11.9 Å². The summed E-state index contributed by atoms with van der Waals surface area (Å²) in [4.78, 5) is 24.3. The van der Waals surface area contributed by atoms with E-state index in [1.54, 1.807) is 6.92 Å². The van der Waals surface area contributed by atoms with E-state index in [0.29, 0.717) is 18.5 Å². The average molecular weight is 226 g/mol. The Balaban J connectivity index is 2.70. The first-order chi connectivity index (χ1) is 7.40. The third-order valence-corrected chi connectivity index (χ3v) is 2.86. The third-order valence-electron chi connectivity index (χ3n) is 2.86. The Morgan fingerprint density at radius 1 is 1.56 bits per heavy atom. The summed E-state index contributed by atoms with van der Waals surface area (Å²) in [7, 11) is 0.